The Bertz CT molecular complexity index is 1200. The van der Waals surface area contributed by atoms with Crippen LogP contribution in [0.5, 0.6) is 0 Å². The van der Waals surface area contributed by atoms with Crippen molar-refractivity contribution in [1.82, 2.24) is 10.2 Å². The van der Waals surface area contributed by atoms with E-state index >= 15 is 0 Å². The number of rotatable bonds is 13. The molecule has 0 aliphatic rings. The average molecular weight is 571 g/mol. The van der Waals surface area contributed by atoms with E-state index in [4.69, 9.17) is 23.2 Å². The van der Waals surface area contributed by atoms with Crippen LogP contribution in [0.1, 0.15) is 56.2 Å². The first-order valence-electron chi connectivity index (χ1n) is 12.4. The molecule has 0 aliphatic carbocycles. The van der Waals surface area contributed by atoms with Gasteiger partial charge in [0.05, 0.1) is 22.0 Å². The number of hydrogen-bond donors (Lipinski definition) is 1. The second-order valence-corrected chi connectivity index (χ2v) is 12.0. The minimum Gasteiger partial charge on any atom is -0.354 e. The number of benzene rings is 2. The molecular formula is C27H37Cl2N3O4S. The maximum atomic E-state index is 13.4. The Balaban J connectivity index is 2.19. The number of nitrogens with one attached hydrogen (secondary N) is 1. The van der Waals surface area contributed by atoms with Crippen LogP contribution in [0, 0.1) is 13.8 Å². The van der Waals surface area contributed by atoms with Gasteiger partial charge in [0.1, 0.15) is 6.04 Å². The summed E-state index contributed by atoms with van der Waals surface area (Å²) in [6.07, 6.45) is 3.31. The zero-order valence-corrected chi connectivity index (χ0v) is 24.5. The van der Waals surface area contributed by atoms with Crippen LogP contribution in [0.3, 0.4) is 0 Å². The van der Waals surface area contributed by atoms with Crippen molar-refractivity contribution in [2.45, 2.75) is 66.0 Å². The van der Waals surface area contributed by atoms with Crippen LogP contribution in [-0.4, -0.2) is 50.5 Å². The van der Waals surface area contributed by atoms with Crippen molar-refractivity contribution in [2.75, 3.05) is 23.7 Å². The number of carbonyl (C=O) groups is 2. The number of sulfonamides is 1. The zero-order valence-electron chi connectivity index (χ0n) is 22.2. The summed E-state index contributed by atoms with van der Waals surface area (Å²) in [5.74, 6) is -0.493. The first kappa shape index (κ1) is 30.9. The lowest BCUT2D eigenvalue weighted by Gasteiger charge is -2.29. The minimum atomic E-state index is -3.55. The summed E-state index contributed by atoms with van der Waals surface area (Å²) in [7, 11) is -3.55. The molecule has 10 heteroatoms. The third-order valence-electron chi connectivity index (χ3n) is 6.26. The number of amides is 2. The van der Waals surface area contributed by atoms with Crippen molar-refractivity contribution < 1.29 is 18.0 Å². The molecule has 204 valence electrons. The first-order chi connectivity index (χ1) is 17.3. The summed E-state index contributed by atoms with van der Waals surface area (Å²) in [5, 5.41) is 3.65. The second kappa shape index (κ2) is 14.0. The second-order valence-electron chi connectivity index (χ2n) is 9.30. The fourth-order valence-corrected chi connectivity index (χ4v) is 5.12. The Morgan fingerprint density at radius 2 is 1.70 bits per heavy atom. The molecule has 0 fully saturated rings. The van der Waals surface area contributed by atoms with Crippen molar-refractivity contribution >= 4 is 50.7 Å². The number of hydrogen-bond acceptors (Lipinski definition) is 4. The van der Waals surface area contributed by atoms with Gasteiger partial charge in [-0.3, -0.25) is 13.9 Å². The Kier molecular flexibility index (Phi) is 11.7. The first-order valence-corrected chi connectivity index (χ1v) is 15.0. The maximum absolute atomic E-state index is 13.4. The van der Waals surface area contributed by atoms with Gasteiger partial charge >= 0.3 is 0 Å². The van der Waals surface area contributed by atoms with E-state index < -0.39 is 16.1 Å². The molecule has 1 N–H and O–H groups in total. The van der Waals surface area contributed by atoms with E-state index in [1.54, 1.807) is 31.2 Å². The molecule has 0 heterocycles. The number of aryl methyl sites for hydroxylation is 2. The number of nitrogens with zero attached hydrogens (tertiary/aromatic N) is 2. The highest BCUT2D eigenvalue weighted by atomic mass is 35.5. The molecule has 2 aromatic carbocycles. The molecule has 0 spiro atoms. The Morgan fingerprint density at radius 3 is 2.30 bits per heavy atom. The van der Waals surface area contributed by atoms with Crippen molar-refractivity contribution in [2.24, 2.45) is 0 Å². The van der Waals surface area contributed by atoms with Gasteiger partial charge in [0.2, 0.25) is 21.8 Å². The van der Waals surface area contributed by atoms with E-state index in [1.165, 1.54) is 9.21 Å². The summed E-state index contributed by atoms with van der Waals surface area (Å²) in [6.45, 7) is 8.47. The molecule has 0 radical (unpaired) electrons. The summed E-state index contributed by atoms with van der Waals surface area (Å²) in [5.41, 5.74) is 3.35. The normalized spacial score (nSPS) is 12.2. The molecule has 0 saturated carbocycles. The molecule has 0 aromatic heterocycles. The Hall–Kier alpha value is -2.29. The predicted molar refractivity (Wildman–Crippen MR) is 152 cm³/mol. The zero-order chi connectivity index (χ0) is 27.8. The molecule has 0 aliphatic heterocycles. The highest BCUT2D eigenvalue weighted by molar-refractivity contribution is 7.92. The Labute approximate surface area is 231 Å². The van der Waals surface area contributed by atoms with Gasteiger partial charge in [0.15, 0.2) is 0 Å². The van der Waals surface area contributed by atoms with E-state index in [9.17, 15) is 18.0 Å². The van der Waals surface area contributed by atoms with Gasteiger partial charge in [-0.25, -0.2) is 8.42 Å². The summed E-state index contributed by atoms with van der Waals surface area (Å²) in [4.78, 5) is 27.7. The largest absolute Gasteiger partial charge is 0.354 e. The van der Waals surface area contributed by atoms with Gasteiger partial charge in [0.25, 0.3) is 0 Å². The van der Waals surface area contributed by atoms with Crippen LogP contribution < -0.4 is 9.62 Å². The third-order valence-corrected chi connectivity index (χ3v) is 8.20. The molecule has 37 heavy (non-hydrogen) atoms. The van der Waals surface area contributed by atoms with Crippen LogP contribution in [0.15, 0.2) is 36.4 Å². The van der Waals surface area contributed by atoms with E-state index in [-0.39, 0.29) is 31.3 Å². The van der Waals surface area contributed by atoms with Crippen LogP contribution in [-0.2, 0) is 26.2 Å². The standard InChI is InChI=1S/C27H37Cl2N3O4S/c1-6-7-14-30-27(34)21(4)31(18-22-11-13-24(28)25(29)17-22)26(33)9-8-15-32(37(5,35)36)23-12-10-19(2)20(3)16-23/h10-13,16-17,21H,6-9,14-15,18H2,1-5H3,(H,30,34). The molecular weight excluding hydrogens is 533 g/mol. The third kappa shape index (κ3) is 9.20. The lowest BCUT2D eigenvalue weighted by Crippen LogP contribution is -2.48. The van der Waals surface area contributed by atoms with Gasteiger partial charge in [-0.05, 0) is 74.6 Å². The van der Waals surface area contributed by atoms with Gasteiger partial charge in [-0.2, -0.15) is 0 Å². The molecule has 7 nitrogen and oxygen atoms in total. The lowest BCUT2D eigenvalue weighted by atomic mass is 10.1. The minimum absolute atomic E-state index is 0.0742. The molecule has 2 amide bonds. The molecule has 0 saturated heterocycles. The number of anilines is 1. The fraction of sp³-hybridized carbons (Fsp3) is 0.481. The van der Waals surface area contributed by atoms with Gasteiger partial charge in [0, 0.05) is 26.1 Å². The number of unbranched alkanes of at least 4 members (excludes halogenated alkanes) is 1. The van der Waals surface area contributed by atoms with E-state index in [0.29, 0.717) is 28.7 Å². The van der Waals surface area contributed by atoms with Crippen LogP contribution >= 0.6 is 23.2 Å². The predicted octanol–water partition coefficient (Wildman–Crippen LogP) is 5.49. The monoisotopic (exact) mass is 569 g/mol. The molecule has 2 aromatic rings. The van der Waals surface area contributed by atoms with Crippen molar-refractivity contribution in [3.05, 3.63) is 63.1 Å². The van der Waals surface area contributed by atoms with Crippen molar-refractivity contribution in [3.8, 4) is 0 Å². The quantitative estimate of drug-likeness (QED) is 0.323. The number of halogens is 2. The maximum Gasteiger partial charge on any atom is 0.242 e. The smallest absolute Gasteiger partial charge is 0.242 e. The highest BCUT2D eigenvalue weighted by Crippen LogP contribution is 2.25. The summed E-state index contributed by atoms with van der Waals surface area (Å²) >= 11 is 12.2. The van der Waals surface area contributed by atoms with Gasteiger partial charge in [-0.1, -0.05) is 48.7 Å². The van der Waals surface area contributed by atoms with Crippen molar-refractivity contribution in [3.63, 3.8) is 0 Å². The summed E-state index contributed by atoms with van der Waals surface area (Å²) in [6, 6.07) is 9.86. The topological polar surface area (TPSA) is 86.8 Å². The molecule has 1 atom stereocenters. The average Bonchev–Trinajstić information content (AvgIpc) is 2.83. The Morgan fingerprint density at radius 1 is 1.00 bits per heavy atom. The van der Waals surface area contributed by atoms with E-state index in [0.717, 1.165) is 35.8 Å². The number of carbonyl (C=O) groups excluding carboxylic acids is 2. The SMILES string of the molecule is CCCCNC(=O)C(C)N(Cc1ccc(Cl)c(Cl)c1)C(=O)CCCN(c1ccc(C)c(C)c1)S(C)(=O)=O. The fourth-order valence-electron chi connectivity index (χ4n) is 3.84. The van der Waals surface area contributed by atoms with Crippen LogP contribution in [0.25, 0.3) is 0 Å². The highest BCUT2D eigenvalue weighted by Gasteiger charge is 2.26. The van der Waals surface area contributed by atoms with Crippen molar-refractivity contribution in [1.29, 1.82) is 0 Å². The summed E-state index contributed by atoms with van der Waals surface area (Å²) < 4.78 is 26.3. The molecule has 0 bridgehead atoms. The van der Waals surface area contributed by atoms with Crippen LogP contribution in [0.4, 0.5) is 5.69 Å². The van der Waals surface area contributed by atoms with Gasteiger partial charge in [-0.15, -0.1) is 0 Å². The van der Waals surface area contributed by atoms with Crippen LogP contribution in [0.2, 0.25) is 10.0 Å². The lowest BCUT2D eigenvalue weighted by molar-refractivity contribution is -0.140. The molecule has 1 unspecified atom stereocenters. The molecule has 2 rings (SSSR count). The van der Waals surface area contributed by atoms with E-state index in [2.05, 4.69) is 5.32 Å². The van der Waals surface area contributed by atoms with Gasteiger partial charge < -0.3 is 10.2 Å². The van der Waals surface area contributed by atoms with E-state index in [1.807, 2.05) is 32.9 Å².